The van der Waals surface area contributed by atoms with Crippen molar-refractivity contribution in [1.82, 2.24) is 4.90 Å². The van der Waals surface area contributed by atoms with Gasteiger partial charge in [0.25, 0.3) is 0 Å². The highest BCUT2D eigenvalue weighted by Gasteiger charge is 2.40. The summed E-state index contributed by atoms with van der Waals surface area (Å²) in [6.45, 7) is 14.5. The molecule has 0 saturated carbocycles. The molecular weight excluding hydrogens is 460 g/mol. The number of carbonyl (C=O) groups is 1. The van der Waals surface area contributed by atoms with Crippen LogP contribution in [0, 0.1) is 17.3 Å². The lowest BCUT2D eigenvalue weighted by molar-refractivity contribution is -0.136. The summed E-state index contributed by atoms with van der Waals surface area (Å²) >= 11 is 0. The molecule has 0 aliphatic carbocycles. The molecule has 1 amide bonds. The Bertz CT molecular complexity index is 1010. The summed E-state index contributed by atoms with van der Waals surface area (Å²) in [6, 6.07) is 20.2. The van der Waals surface area contributed by atoms with Crippen LogP contribution in [0.15, 0.2) is 70.6 Å². The Labute approximate surface area is 224 Å². The number of ether oxygens (including phenoxy) is 1. The van der Waals surface area contributed by atoms with E-state index in [9.17, 15) is 4.79 Å². The van der Waals surface area contributed by atoms with Crippen molar-refractivity contribution in [1.29, 1.82) is 0 Å². The lowest BCUT2D eigenvalue weighted by Crippen LogP contribution is -2.55. The standard InChI is InChI=1S/C23H36N4O2.C8H10/c1-16(2)20(26-22(25-6)18-10-8-7-9-11-18)21(23(3,4)5)27-13-17(12-24)14-29-15-19(27)28;1-2-8-6-4-3-5-7-8/h7-11,16-17,21H,12-15,24H2,1-6H3;3-7H,2H2,1H3. The van der Waals surface area contributed by atoms with E-state index < -0.39 is 0 Å². The van der Waals surface area contributed by atoms with Gasteiger partial charge in [-0.25, -0.2) is 4.99 Å². The number of nitrogens with zero attached hydrogens (tertiary/aromatic N) is 3. The van der Waals surface area contributed by atoms with Crippen LogP contribution in [0.3, 0.4) is 0 Å². The molecule has 2 aromatic rings. The highest BCUT2D eigenvalue weighted by molar-refractivity contribution is 6.09. The Morgan fingerprint density at radius 1 is 1.08 bits per heavy atom. The fourth-order valence-corrected chi connectivity index (χ4v) is 4.46. The third kappa shape index (κ3) is 9.20. The van der Waals surface area contributed by atoms with Gasteiger partial charge in [0.2, 0.25) is 5.91 Å². The van der Waals surface area contributed by atoms with Crippen LogP contribution in [0.5, 0.6) is 0 Å². The van der Waals surface area contributed by atoms with Gasteiger partial charge < -0.3 is 15.4 Å². The average Bonchev–Trinajstić information content (AvgIpc) is 3.07. The van der Waals surface area contributed by atoms with Crippen molar-refractivity contribution in [3.8, 4) is 0 Å². The molecule has 2 N–H and O–H groups in total. The number of nitrogens with two attached hydrogens (primary N) is 1. The van der Waals surface area contributed by atoms with Gasteiger partial charge in [0.05, 0.1) is 12.6 Å². The van der Waals surface area contributed by atoms with Crippen molar-refractivity contribution in [3.63, 3.8) is 0 Å². The Morgan fingerprint density at radius 2 is 1.68 bits per heavy atom. The van der Waals surface area contributed by atoms with Crippen LogP contribution < -0.4 is 5.73 Å². The van der Waals surface area contributed by atoms with Gasteiger partial charge in [-0.2, -0.15) is 0 Å². The van der Waals surface area contributed by atoms with Crippen molar-refractivity contribution < 1.29 is 9.53 Å². The minimum Gasteiger partial charge on any atom is -0.371 e. The van der Waals surface area contributed by atoms with Crippen molar-refractivity contribution in [2.45, 2.75) is 54.0 Å². The molecule has 0 aromatic heterocycles. The number of rotatable bonds is 6. The summed E-state index contributed by atoms with van der Waals surface area (Å²) in [5.41, 5.74) is 9.05. The second-order valence-electron chi connectivity index (χ2n) is 10.9. The first-order chi connectivity index (χ1) is 17.6. The van der Waals surface area contributed by atoms with Crippen LogP contribution in [-0.2, 0) is 16.0 Å². The monoisotopic (exact) mass is 506 g/mol. The number of hydrogen-bond donors (Lipinski definition) is 1. The number of hydrogen-bond acceptors (Lipinski definition) is 4. The first-order valence-corrected chi connectivity index (χ1v) is 13.3. The van der Waals surface area contributed by atoms with Crippen LogP contribution in [0.1, 0.15) is 52.7 Å². The molecule has 3 rings (SSSR count). The summed E-state index contributed by atoms with van der Waals surface area (Å²) in [7, 11) is 1.76. The molecule has 0 spiro atoms. The number of benzene rings is 2. The van der Waals surface area contributed by atoms with E-state index in [2.05, 4.69) is 70.8 Å². The second-order valence-corrected chi connectivity index (χ2v) is 10.9. The lowest BCUT2D eigenvalue weighted by atomic mass is 9.79. The Hall–Kier alpha value is -2.83. The summed E-state index contributed by atoms with van der Waals surface area (Å²) in [4.78, 5) is 24.4. The van der Waals surface area contributed by atoms with Crippen molar-refractivity contribution in [2.75, 3.05) is 33.4 Å². The molecule has 6 nitrogen and oxygen atoms in total. The van der Waals surface area contributed by atoms with Gasteiger partial charge >= 0.3 is 0 Å². The van der Waals surface area contributed by atoms with E-state index in [1.165, 1.54) is 5.56 Å². The molecule has 1 fully saturated rings. The zero-order valence-corrected chi connectivity index (χ0v) is 23.8. The topological polar surface area (TPSA) is 80.3 Å². The molecule has 0 bridgehead atoms. The number of amides is 1. The van der Waals surface area contributed by atoms with E-state index in [4.69, 9.17) is 15.5 Å². The van der Waals surface area contributed by atoms with E-state index in [0.29, 0.717) is 25.5 Å². The van der Waals surface area contributed by atoms with Crippen LogP contribution in [0.4, 0.5) is 0 Å². The molecule has 2 unspecified atom stereocenters. The number of aliphatic imine (C=N–C) groups is 2. The molecule has 1 saturated heterocycles. The molecule has 2 aromatic carbocycles. The number of amidine groups is 1. The van der Waals surface area contributed by atoms with E-state index in [-0.39, 0.29) is 35.8 Å². The van der Waals surface area contributed by atoms with E-state index >= 15 is 0 Å². The largest absolute Gasteiger partial charge is 0.371 e. The van der Waals surface area contributed by atoms with Crippen LogP contribution in [0.2, 0.25) is 0 Å². The van der Waals surface area contributed by atoms with Gasteiger partial charge in [-0.1, -0.05) is 102 Å². The van der Waals surface area contributed by atoms with Crippen molar-refractivity contribution in [3.05, 3.63) is 71.8 Å². The number of carbonyl (C=O) groups excluding carboxylic acids is 1. The van der Waals surface area contributed by atoms with Gasteiger partial charge in [0.1, 0.15) is 6.61 Å². The molecule has 1 aliphatic rings. The Kier molecular flexibility index (Phi) is 12.2. The Balaban J connectivity index is 0.000000510. The zero-order chi connectivity index (χ0) is 27.4. The fraction of sp³-hybridized carbons (Fsp3) is 0.516. The fourth-order valence-electron chi connectivity index (χ4n) is 4.46. The summed E-state index contributed by atoms with van der Waals surface area (Å²) < 4.78 is 5.58. The molecule has 37 heavy (non-hydrogen) atoms. The minimum atomic E-state index is -0.211. The van der Waals surface area contributed by atoms with Crippen molar-refractivity contribution in [2.24, 2.45) is 33.0 Å². The highest BCUT2D eigenvalue weighted by Crippen LogP contribution is 2.30. The molecule has 202 valence electrons. The smallest absolute Gasteiger partial charge is 0.249 e. The van der Waals surface area contributed by atoms with E-state index in [1.54, 1.807) is 7.05 Å². The molecule has 0 radical (unpaired) electrons. The first kappa shape index (κ1) is 30.4. The lowest BCUT2D eigenvalue weighted by Gasteiger charge is -2.42. The van der Waals surface area contributed by atoms with Gasteiger partial charge in [0.15, 0.2) is 5.84 Å². The molecule has 6 heteroatoms. The molecule has 1 heterocycles. The maximum atomic E-state index is 13.0. The first-order valence-electron chi connectivity index (χ1n) is 13.3. The molecule has 2 atom stereocenters. The van der Waals surface area contributed by atoms with Crippen molar-refractivity contribution >= 4 is 17.5 Å². The SMILES string of the molecule is CCc1ccccc1.CN=C(N=C(C(C)C)C(N1CC(CN)COCC1=O)C(C)(C)C)c1ccccc1. The van der Waals surface area contributed by atoms with E-state index in [0.717, 1.165) is 17.7 Å². The van der Waals surface area contributed by atoms with Gasteiger partial charge in [-0.15, -0.1) is 0 Å². The van der Waals surface area contributed by atoms with Crippen LogP contribution in [-0.4, -0.2) is 61.7 Å². The summed E-state index contributed by atoms with van der Waals surface area (Å²) in [5.74, 6) is 0.933. The van der Waals surface area contributed by atoms with Gasteiger partial charge in [-0.3, -0.25) is 9.79 Å². The predicted octanol–water partition coefficient (Wildman–Crippen LogP) is 5.26. The number of aryl methyl sites for hydroxylation is 1. The zero-order valence-electron chi connectivity index (χ0n) is 23.8. The second kappa shape index (κ2) is 14.8. The van der Waals surface area contributed by atoms with Gasteiger partial charge in [0, 0.05) is 30.8 Å². The van der Waals surface area contributed by atoms with Gasteiger partial charge in [-0.05, 0) is 29.9 Å². The summed E-state index contributed by atoms with van der Waals surface area (Å²) in [5, 5.41) is 0. The maximum Gasteiger partial charge on any atom is 0.249 e. The van der Waals surface area contributed by atoms with Crippen LogP contribution in [0.25, 0.3) is 0 Å². The summed E-state index contributed by atoms with van der Waals surface area (Å²) in [6.07, 6.45) is 1.14. The predicted molar refractivity (Wildman–Crippen MR) is 155 cm³/mol. The highest BCUT2D eigenvalue weighted by atomic mass is 16.5. The maximum absolute atomic E-state index is 13.0. The average molecular weight is 507 g/mol. The Morgan fingerprint density at radius 3 is 2.14 bits per heavy atom. The quantitative estimate of drug-likeness (QED) is 0.429. The van der Waals surface area contributed by atoms with E-state index in [1.807, 2.05) is 41.3 Å². The molecular formula is C31H46N4O2. The normalized spacial score (nSPS) is 18.2. The molecule has 1 aliphatic heterocycles. The third-order valence-corrected chi connectivity index (χ3v) is 6.42. The van der Waals surface area contributed by atoms with Crippen LogP contribution >= 0.6 is 0 Å². The minimum absolute atomic E-state index is 0.0103. The third-order valence-electron chi connectivity index (χ3n) is 6.42.